The van der Waals surface area contributed by atoms with Gasteiger partial charge in [-0.1, -0.05) is 34.1 Å². The van der Waals surface area contributed by atoms with Crippen molar-refractivity contribution in [3.05, 3.63) is 63.6 Å². The fourth-order valence-electron chi connectivity index (χ4n) is 1.98. The number of hydrogen-bond donors (Lipinski definition) is 1. The molecule has 2 rings (SSSR count). The minimum atomic E-state index is -0.349. The molecule has 1 amide bonds. The molecule has 0 unspecified atom stereocenters. The molecular formula is C18H18BrNO3S. The number of ether oxygens (including phenoxy) is 1. The average molecular weight is 408 g/mol. The van der Waals surface area contributed by atoms with Crippen LogP contribution < -0.4 is 5.32 Å². The van der Waals surface area contributed by atoms with Crippen molar-refractivity contribution in [1.29, 1.82) is 0 Å². The zero-order valence-electron chi connectivity index (χ0n) is 13.5. The van der Waals surface area contributed by atoms with Gasteiger partial charge in [0.05, 0.1) is 18.4 Å². The molecule has 0 aliphatic rings. The lowest BCUT2D eigenvalue weighted by atomic mass is 10.1. The number of anilines is 1. The van der Waals surface area contributed by atoms with E-state index in [1.165, 1.54) is 18.9 Å². The van der Waals surface area contributed by atoms with Crippen LogP contribution in [0.15, 0.2) is 46.9 Å². The molecule has 0 heterocycles. The molecule has 4 nitrogen and oxygen atoms in total. The van der Waals surface area contributed by atoms with Gasteiger partial charge in [0.2, 0.25) is 5.91 Å². The molecule has 1 N–H and O–H groups in total. The van der Waals surface area contributed by atoms with Crippen LogP contribution in [0.2, 0.25) is 0 Å². The molecule has 0 bridgehead atoms. The summed E-state index contributed by atoms with van der Waals surface area (Å²) in [6, 6.07) is 12.9. The Balaban J connectivity index is 1.79. The number of hydrogen-bond acceptors (Lipinski definition) is 4. The first-order valence-electron chi connectivity index (χ1n) is 7.30. The summed E-state index contributed by atoms with van der Waals surface area (Å²) in [7, 11) is 1.36. The maximum absolute atomic E-state index is 12.0. The Hall–Kier alpha value is -1.79. The smallest absolute Gasteiger partial charge is 0.337 e. The number of benzene rings is 2. The van der Waals surface area contributed by atoms with Gasteiger partial charge in [-0.3, -0.25) is 4.79 Å². The Morgan fingerprint density at radius 3 is 2.50 bits per heavy atom. The zero-order chi connectivity index (χ0) is 17.5. The number of thioether (sulfide) groups is 1. The highest BCUT2D eigenvalue weighted by Gasteiger charge is 2.06. The lowest BCUT2D eigenvalue weighted by Crippen LogP contribution is -2.14. The number of rotatable bonds is 6. The van der Waals surface area contributed by atoms with Gasteiger partial charge >= 0.3 is 5.97 Å². The number of esters is 1. The number of aryl methyl sites for hydroxylation is 1. The fourth-order valence-corrected chi connectivity index (χ4v) is 3.15. The molecule has 6 heteroatoms. The van der Waals surface area contributed by atoms with E-state index < -0.39 is 0 Å². The summed E-state index contributed by atoms with van der Waals surface area (Å²) < 4.78 is 5.63. The van der Waals surface area contributed by atoms with Crippen LogP contribution >= 0.6 is 27.7 Å². The van der Waals surface area contributed by atoms with Gasteiger partial charge in [-0.05, 0) is 42.3 Å². The highest BCUT2D eigenvalue weighted by Crippen LogP contribution is 2.21. The van der Waals surface area contributed by atoms with Gasteiger partial charge in [0.1, 0.15) is 0 Å². The van der Waals surface area contributed by atoms with Crippen molar-refractivity contribution in [3.63, 3.8) is 0 Å². The van der Waals surface area contributed by atoms with E-state index in [2.05, 4.69) is 26.0 Å². The van der Waals surface area contributed by atoms with Crippen LogP contribution in [0.4, 0.5) is 5.69 Å². The summed E-state index contributed by atoms with van der Waals surface area (Å²) >= 11 is 4.97. The first-order chi connectivity index (χ1) is 11.5. The molecule has 0 fully saturated rings. The van der Waals surface area contributed by atoms with Gasteiger partial charge in [-0.25, -0.2) is 4.79 Å². The van der Waals surface area contributed by atoms with Gasteiger partial charge in [-0.2, -0.15) is 0 Å². The van der Waals surface area contributed by atoms with Crippen molar-refractivity contribution in [1.82, 2.24) is 0 Å². The van der Waals surface area contributed by atoms with Gasteiger partial charge in [0.25, 0.3) is 0 Å². The predicted octanol–water partition coefficient (Wildman–Crippen LogP) is 4.42. The van der Waals surface area contributed by atoms with Crippen LogP contribution in [-0.2, 0) is 15.3 Å². The highest BCUT2D eigenvalue weighted by molar-refractivity contribution is 9.10. The van der Waals surface area contributed by atoms with Gasteiger partial charge < -0.3 is 10.1 Å². The number of carbonyl (C=O) groups is 2. The molecule has 0 aliphatic heterocycles. The lowest BCUT2D eigenvalue weighted by molar-refractivity contribution is -0.113. The molecule has 0 aliphatic carbocycles. The van der Waals surface area contributed by atoms with Crippen LogP contribution in [0.1, 0.15) is 21.5 Å². The van der Waals surface area contributed by atoms with Crippen LogP contribution in [0, 0.1) is 6.92 Å². The predicted molar refractivity (Wildman–Crippen MR) is 101 cm³/mol. The second kappa shape index (κ2) is 8.89. The van der Waals surface area contributed by atoms with E-state index in [0.717, 1.165) is 21.3 Å². The number of amides is 1. The standard InChI is InChI=1S/C18H18BrNO3S/c1-12-3-8-15(9-16(12)19)20-17(21)11-24-10-13-4-6-14(7-5-13)18(22)23-2/h3-9H,10-11H2,1-2H3,(H,20,21). The van der Waals surface area contributed by atoms with E-state index in [-0.39, 0.29) is 11.9 Å². The van der Waals surface area contributed by atoms with E-state index in [0.29, 0.717) is 17.1 Å². The molecule has 0 aromatic heterocycles. The average Bonchev–Trinajstić information content (AvgIpc) is 2.58. The summed E-state index contributed by atoms with van der Waals surface area (Å²) in [5, 5.41) is 2.88. The summed E-state index contributed by atoms with van der Waals surface area (Å²) in [5.74, 6) is 0.677. The van der Waals surface area contributed by atoms with Crippen molar-refractivity contribution in [2.45, 2.75) is 12.7 Å². The number of methoxy groups -OCH3 is 1. The summed E-state index contributed by atoms with van der Waals surface area (Å²) in [6.45, 7) is 2.00. The SMILES string of the molecule is COC(=O)c1ccc(CSCC(=O)Nc2ccc(C)c(Br)c2)cc1. The van der Waals surface area contributed by atoms with Crippen molar-refractivity contribution >= 4 is 45.3 Å². The maximum atomic E-state index is 12.0. The Kier molecular flexibility index (Phi) is 6.87. The number of nitrogens with one attached hydrogen (secondary N) is 1. The van der Waals surface area contributed by atoms with E-state index in [1.54, 1.807) is 12.1 Å². The van der Waals surface area contributed by atoms with Crippen molar-refractivity contribution in [2.75, 3.05) is 18.2 Å². The maximum Gasteiger partial charge on any atom is 0.337 e. The molecule has 0 saturated heterocycles. The fraction of sp³-hybridized carbons (Fsp3) is 0.222. The van der Waals surface area contributed by atoms with E-state index in [4.69, 9.17) is 0 Å². The number of carbonyl (C=O) groups excluding carboxylic acids is 2. The summed E-state index contributed by atoms with van der Waals surface area (Å²) in [6.07, 6.45) is 0. The second-order valence-electron chi connectivity index (χ2n) is 5.19. The van der Waals surface area contributed by atoms with E-state index in [1.807, 2.05) is 37.3 Å². The quantitative estimate of drug-likeness (QED) is 0.720. The molecule has 0 atom stereocenters. The molecule has 126 valence electrons. The highest BCUT2D eigenvalue weighted by atomic mass is 79.9. The largest absolute Gasteiger partial charge is 0.465 e. The van der Waals surface area contributed by atoms with Crippen LogP contribution in [0.25, 0.3) is 0 Å². The van der Waals surface area contributed by atoms with Crippen LogP contribution in [0.5, 0.6) is 0 Å². The van der Waals surface area contributed by atoms with Crippen molar-refractivity contribution in [2.24, 2.45) is 0 Å². The third-order valence-electron chi connectivity index (χ3n) is 3.33. The molecule has 2 aromatic rings. The first-order valence-corrected chi connectivity index (χ1v) is 9.25. The Morgan fingerprint density at radius 2 is 1.88 bits per heavy atom. The minimum absolute atomic E-state index is 0.0399. The number of halogens is 1. The van der Waals surface area contributed by atoms with Gasteiger partial charge in [0.15, 0.2) is 0 Å². The normalized spacial score (nSPS) is 10.3. The molecule has 0 radical (unpaired) electrons. The second-order valence-corrected chi connectivity index (χ2v) is 7.03. The van der Waals surface area contributed by atoms with E-state index >= 15 is 0 Å². The molecule has 24 heavy (non-hydrogen) atoms. The van der Waals surface area contributed by atoms with Crippen LogP contribution in [-0.4, -0.2) is 24.7 Å². The first kappa shape index (κ1) is 18.5. The van der Waals surface area contributed by atoms with Gasteiger partial charge in [0, 0.05) is 15.9 Å². The van der Waals surface area contributed by atoms with Crippen molar-refractivity contribution in [3.8, 4) is 0 Å². The third kappa shape index (κ3) is 5.39. The lowest BCUT2D eigenvalue weighted by Gasteiger charge is -2.07. The minimum Gasteiger partial charge on any atom is -0.465 e. The third-order valence-corrected chi connectivity index (χ3v) is 5.19. The van der Waals surface area contributed by atoms with E-state index in [9.17, 15) is 9.59 Å². The molecule has 0 saturated carbocycles. The monoisotopic (exact) mass is 407 g/mol. The molecular weight excluding hydrogens is 390 g/mol. The Bertz CT molecular complexity index is 732. The topological polar surface area (TPSA) is 55.4 Å². The zero-order valence-corrected chi connectivity index (χ0v) is 15.9. The van der Waals surface area contributed by atoms with Gasteiger partial charge in [-0.15, -0.1) is 11.8 Å². The molecule has 2 aromatic carbocycles. The van der Waals surface area contributed by atoms with Crippen LogP contribution in [0.3, 0.4) is 0 Å². The summed E-state index contributed by atoms with van der Waals surface area (Å²) in [4.78, 5) is 23.3. The van der Waals surface area contributed by atoms with Crippen molar-refractivity contribution < 1.29 is 14.3 Å². The molecule has 0 spiro atoms. The Morgan fingerprint density at radius 1 is 1.17 bits per heavy atom. The Labute approximate surface area is 154 Å². The summed E-state index contributed by atoms with van der Waals surface area (Å²) in [5.41, 5.74) is 3.48.